The van der Waals surface area contributed by atoms with E-state index in [0.717, 1.165) is 0 Å². The number of aliphatic hydroxyl groups excluding tert-OH is 1. The summed E-state index contributed by atoms with van der Waals surface area (Å²) in [4.78, 5) is 13.1. The van der Waals surface area contributed by atoms with Gasteiger partial charge in [0.2, 0.25) is 5.91 Å². The fourth-order valence-corrected chi connectivity index (χ4v) is 1.96. The topological polar surface area (TPSA) is 60.8 Å². The number of hydrogen-bond donors (Lipinski definition) is 2. The van der Waals surface area contributed by atoms with Crippen LogP contribution in [0.4, 0.5) is 0 Å². The molecule has 0 aromatic rings. The second kappa shape index (κ2) is 3.87. The average Bonchev–Trinajstić information content (AvgIpc) is 2.45. The molecule has 1 amide bonds. The Morgan fingerprint density at radius 2 is 2.14 bits per heavy atom. The highest BCUT2D eigenvalue weighted by molar-refractivity contribution is 5.76. The molecule has 1 rings (SSSR count). The summed E-state index contributed by atoms with van der Waals surface area (Å²) in [6.07, 6.45) is 0.385. The van der Waals surface area contributed by atoms with Crippen LogP contribution in [0.3, 0.4) is 0 Å². The van der Waals surface area contributed by atoms with Gasteiger partial charge >= 0.3 is 0 Å². The molecule has 1 aliphatic rings. The van der Waals surface area contributed by atoms with Crippen LogP contribution in [0.2, 0.25) is 0 Å². The van der Waals surface area contributed by atoms with E-state index in [1.54, 1.807) is 25.7 Å². The Bertz CT molecular complexity index is 222. The van der Waals surface area contributed by atoms with Gasteiger partial charge in [-0.05, 0) is 20.3 Å². The molecule has 2 atom stereocenters. The van der Waals surface area contributed by atoms with E-state index in [0.29, 0.717) is 19.4 Å². The minimum Gasteiger partial charge on any atom is -0.391 e. The summed E-state index contributed by atoms with van der Waals surface area (Å²) in [6.45, 7) is 5.48. The van der Waals surface area contributed by atoms with Crippen LogP contribution in [0.25, 0.3) is 0 Å². The lowest BCUT2D eigenvalue weighted by atomic mass is 9.96. The van der Waals surface area contributed by atoms with E-state index in [-0.39, 0.29) is 11.9 Å². The van der Waals surface area contributed by atoms with Crippen LogP contribution < -0.4 is 0 Å². The first-order chi connectivity index (χ1) is 6.36. The molecule has 4 heteroatoms. The van der Waals surface area contributed by atoms with Gasteiger partial charge in [-0.25, -0.2) is 0 Å². The zero-order valence-corrected chi connectivity index (χ0v) is 9.03. The van der Waals surface area contributed by atoms with Gasteiger partial charge in [0.15, 0.2) is 0 Å². The Kier molecular flexibility index (Phi) is 3.17. The van der Waals surface area contributed by atoms with E-state index in [2.05, 4.69) is 0 Å². The molecule has 0 spiro atoms. The van der Waals surface area contributed by atoms with Crippen molar-refractivity contribution >= 4 is 5.91 Å². The molecule has 1 aliphatic heterocycles. The number of hydrogen-bond acceptors (Lipinski definition) is 3. The molecule has 2 N–H and O–H groups in total. The minimum absolute atomic E-state index is 0.00586. The zero-order valence-electron chi connectivity index (χ0n) is 9.03. The minimum atomic E-state index is -0.942. The van der Waals surface area contributed by atoms with E-state index < -0.39 is 11.7 Å². The van der Waals surface area contributed by atoms with Crippen LogP contribution in [0.1, 0.15) is 33.6 Å². The van der Waals surface area contributed by atoms with Crippen molar-refractivity contribution in [2.24, 2.45) is 0 Å². The molecule has 4 nitrogen and oxygen atoms in total. The molecule has 0 unspecified atom stereocenters. The van der Waals surface area contributed by atoms with Crippen LogP contribution in [-0.4, -0.2) is 45.3 Å². The van der Waals surface area contributed by atoms with Crippen LogP contribution in [-0.2, 0) is 4.79 Å². The number of amides is 1. The Balaban J connectivity index is 2.78. The summed E-state index contributed by atoms with van der Waals surface area (Å²) >= 11 is 0. The van der Waals surface area contributed by atoms with E-state index >= 15 is 0 Å². The van der Waals surface area contributed by atoms with Crippen molar-refractivity contribution in [3.05, 3.63) is 0 Å². The largest absolute Gasteiger partial charge is 0.391 e. The fourth-order valence-electron chi connectivity index (χ4n) is 1.96. The summed E-state index contributed by atoms with van der Waals surface area (Å²) in [5.74, 6) is -0.00586. The SMILES string of the molecule is CCC(=O)N1C[C@H](O)C[C@H]1C(C)(C)O. The number of rotatable bonds is 2. The number of likely N-dealkylation sites (tertiary alicyclic amines) is 1. The van der Waals surface area contributed by atoms with Crippen LogP contribution >= 0.6 is 0 Å². The number of nitrogens with zero attached hydrogens (tertiary/aromatic N) is 1. The predicted octanol–water partition coefficient (Wildman–Crippen LogP) is 0.129. The van der Waals surface area contributed by atoms with Gasteiger partial charge in [-0.2, -0.15) is 0 Å². The molecule has 0 saturated carbocycles. The highest BCUT2D eigenvalue weighted by Gasteiger charge is 2.41. The Labute approximate surface area is 84.5 Å². The third kappa shape index (κ3) is 2.25. The van der Waals surface area contributed by atoms with Gasteiger partial charge in [0, 0.05) is 13.0 Å². The maximum Gasteiger partial charge on any atom is 0.222 e. The van der Waals surface area contributed by atoms with Crippen LogP contribution in [0.5, 0.6) is 0 Å². The molecule has 0 aromatic heterocycles. The summed E-state index contributed by atoms with van der Waals surface area (Å²) in [5.41, 5.74) is -0.942. The van der Waals surface area contributed by atoms with Gasteiger partial charge in [-0.1, -0.05) is 6.92 Å². The van der Waals surface area contributed by atoms with Crippen molar-refractivity contribution in [2.45, 2.75) is 51.4 Å². The Morgan fingerprint density at radius 1 is 1.57 bits per heavy atom. The second-order valence-corrected chi connectivity index (χ2v) is 4.46. The maximum atomic E-state index is 11.5. The summed E-state index contributed by atoms with van der Waals surface area (Å²) in [6, 6.07) is -0.259. The van der Waals surface area contributed by atoms with Crippen molar-refractivity contribution in [3.63, 3.8) is 0 Å². The van der Waals surface area contributed by atoms with E-state index in [4.69, 9.17) is 0 Å². The first-order valence-corrected chi connectivity index (χ1v) is 5.06. The van der Waals surface area contributed by atoms with Crippen molar-refractivity contribution in [1.82, 2.24) is 4.90 Å². The molecule has 1 heterocycles. The van der Waals surface area contributed by atoms with Crippen LogP contribution in [0, 0.1) is 0 Å². The molecule has 82 valence electrons. The van der Waals surface area contributed by atoms with Gasteiger partial charge in [0.25, 0.3) is 0 Å². The first kappa shape index (κ1) is 11.5. The van der Waals surface area contributed by atoms with Crippen molar-refractivity contribution in [1.29, 1.82) is 0 Å². The highest BCUT2D eigenvalue weighted by atomic mass is 16.3. The van der Waals surface area contributed by atoms with Gasteiger partial charge in [0.1, 0.15) is 0 Å². The van der Waals surface area contributed by atoms with Crippen LogP contribution in [0.15, 0.2) is 0 Å². The van der Waals surface area contributed by atoms with Gasteiger partial charge < -0.3 is 15.1 Å². The summed E-state index contributed by atoms with van der Waals surface area (Å²) in [5, 5.41) is 19.3. The predicted molar refractivity (Wildman–Crippen MR) is 52.7 cm³/mol. The molecule has 0 aliphatic carbocycles. The lowest BCUT2D eigenvalue weighted by Gasteiger charge is -2.33. The lowest BCUT2D eigenvalue weighted by molar-refractivity contribution is -0.136. The number of β-amino-alcohol motifs (C(OH)–C–C–N with tert-alkyl or cyclic N) is 1. The van der Waals surface area contributed by atoms with E-state index in [1.807, 2.05) is 0 Å². The summed E-state index contributed by atoms with van der Waals surface area (Å²) < 4.78 is 0. The third-order valence-electron chi connectivity index (χ3n) is 2.72. The maximum absolute atomic E-state index is 11.5. The molecular formula is C10H19NO3. The molecule has 14 heavy (non-hydrogen) atoms. The molecule has 0 radical (unpaired) electrons. The monoisotopic (exact) mass is 201 g/mol. The number of carbonyl (C=O) groups is 1. The third-order valence-corrected chi connectivity index (χ3v) is 2.72. The quantitative estimate of drug-likeness (QED) is 0.667. The second-order valence-electron chi connectivity index (χ2n) is 4.46. The zero-order chi connectivity index (χ0) is 10.9. The van der Waals surface area contributed by atoms with Crippen molar-refractivity contribution < 1.29 is 15.0 Å². The smallest absolute Gasteiger partial charge is 0.222 e. The molecule has 1 saturated heterocycles. The van der Waals surface area contributed by atoms with E-state index in [1.165, 1.54) is 0 Å². The van der Waals surface area contributed by atoms with Gasteiger partial charge in [0.05, 0.1) is 17.7 Å². The standard InChI is InChI=1S/C10H19NO3/c1-4-9(13)11-6-7(12)5-8(11)10(2,3)14/h7-8,12,14H,4-6H2,1-3H3/t7-,8+/m1/s1. The normalized spacial score (nSPS) is 28.2. The number of carbonyl (C=O) groups excluding carboxylic acids is 1. The molecule has 0 aromatic carbocycles. The first-order valence-electron chi connectivity index (χ1n) is 5.06. The van der Waals surface area contributed by atoms with Gasteiger partial charge in [-0.3, -0.25) is 4.79 Å². The van der Waals surface area contributed by atoms with Crippen molar-refractivity contribution in [2.75, 3.05) is 6.54 Å². The Hall–Kier alpha value is -0.610. The fraction of sp³-hybridized carbons (Fsp3) is 0.900. The van der Waals surface area contributed by atoms with Crippen molar-refractivity contribution in [3.8, 4) is 0 Å². The van der Waals surface area contributed by atoms with Gasteiger partial charge in [-0.15, -0.1) is 0 Å². The molecule has 0 bridgehead atoms. The summed E-state index contributed by atoms with van der Waals surface area (Å²) in [7, 11) is 0. The Morgan fingerprint density at radius 3 is 2.57 bits per heavy atom. The van der Waals surface area contributed by atoms with E-state index in [9.17, 15) is 15.0 Å². The molecule has 1 fully saturated rings. The highest BCUT2D eigenvalue weighted by Crippen LogP contribution is 2.27. The molecular weight excluding hydrogens is 182 g/mol. The lowest BCUT2D eigenvalue weighted by Crippen LogP contribution is -2.48. The average molecular weight is 201 g/mol. The number of aliphatic hydroxyl groups is 2.